The quantitative estimate of drug-likeness (QED) is 0.775. The number of benzene rings is 2. The average Bonchev–Trinajstić information content (AvgIpc) is 2.54. The summed E-state index contributed by atoms with van der Waals surface area (Å²) in [5.74, 6) is 1.30. The number of hydrogen-bond donors (Lipinski definition) is 1. The smallest absolute Gasteiger partial charge is 0.240 e. The second kappa shape index (κ2) is 7.81. The van der Waals surface area contributed by atoms with Crippen LogP contribution in [0, 0.1) is 0 Å². The van der Waals surface area contributed by atoms with Crippen LogP contribution in [0.3, 0.4) is 0 Å². The number of hydrogen-bond acceptors (Lipinski definition) is 4. The van der Waals surface area contributed by atoms with Crippen LogP contribution >= 0.6 is 15.9 Å². The van der Waals surface area contributed by atoms with Gasteiger partial charge in [0.15, 0.2) is 0 Å². The molecule has 5 nitrogen and oxygen atoms in total. The highest BCUT2D eigenvalue weighted by Crippen LogP contribution is 2.27. The molecule has 1 N–H and O–H groups in total. The highest BCUT2D eigenvalue weighted by molar-refractivity contribution is 9.10. The molecule has 2 rings (SSSR count). The van der Waals surface area contributed by atoms with E-state index in [4.69, 9.17) is 9.47 Å². The Morgan fingerprint density at radius 2 is 1.96 bits per heavy atom. The highest BCUT2D eigenvalue weighted by Gasteiger charge is 2.15. The zero-order valence-corrected chi connectivity index (χ0v) is 15.3. The van der Waals surface area contributed by atoms with E-state index < -0.39 is 10.0 Å². The van der Waals surface area contributed by atoms with Crippen LogP contribution in [-0.2, 0) is 16.6 Å². The fraction of sp³-hybridized carbons (Fsp3) is 0.250. The van der Waals surface area contributed by atoms with Crippen LogP contribution in [0.1, 0.15) is 12.5 Å². The van der Waals surface area contributed by atoms with Crippen LogP contribution in [0.4, 0.5) is 0 Å². The third-order valence-electron chi connectivity index (χ3n) is 3.11. The van der Waals surface area contributed by atoms with Gasteiger partial charge in [0.1, 0.15) is 11.5 Å². The molecular weight excluding hydrogens is 382 g/mol. The van der Waals surface area contributed by atoms with E-state index in [2.05, 4.69) is 20.7 Å². The van der Waals surface area contributed by atoms with Crippen molar-refractivity contribution in [3.63, 3.8) is 0 Å². The summed E-state index contributed by atoms with van der Waals surface area (Å²) < 4.78 is 38.4. The Labute approximate surface area is 144 Å². The van der Waals surface area contributed by atoms with Crippen molar-refractivity contribution in [2.75, 3.05) is 13.7 Å². The van der Waals surface area contributed by atoms with Crippen molar-refractivity contribution < 1.29 is 17.9 Å². The maximum Gasteiger partial charge on any atom is 0.240 e. The topological polar surface area (TPSA) is 64.6 Å². The molecule has 7 heteroatoms. The van der Waals surface area contributed by atoms with Crippen molar-refractivity contribution in [1.82, 2.24) is 4.72 Å². The number of rotatable bonds is 7. The molecule has 0 aliphatic rings. The summed E-state index contributed by atoms with van der Waals surface area (Å²) in [5, 5.41) is 0. The van der Waals surface area contributed by atoms with Gasteiger partial charge in [-0.25, -0.2) is 13.1 Å². The van der Waals surface area contributed by atoms with E-state index in [1.807, 2.05) is 31.2 Å². The normalized spacial score (nSPS) is 11.3. The van der Waals surface area contributed by atoms with Crippen LogP contribution in [0.15, 0.2) is 51.8 Å². The third-order valence-corrected chi connectivity index (χ3v) is 5.13. The van der Waals surface area contributed by atoms with Crippen molar-refractivity contribution >= 4 is 26.0 Å². The zero-order chi connectivity index (χ0) is 16.9. The van der Waals surface area contributed by atoms with E-state index in [0.717, 1.165) is 11.3 Å². The minimum absolute atomic E-state index is 0.172. The second-order valence-corrected chi connectivity index (χ2v) is 7.32. The molecule has 0 aromatic heterocycles. The molecule has 0 radical (unpaired) electrons. The Bertz CT molecular complexity index is 777. The molecule has 0 amide bonds. The van der Waals surface area contributed by atoms with Gasteiger partial charge in [0.05, 0.1) is 23.1 Å². The molecule has 2 aromatic carbocycles. The molecule has 0 bridgehead atoms. The predicted molar refractivity (Wildman–Crippen MR) is 92.3 cm³/mol. The molecule has 2 aromatic rings. The minimum Gasteiger partial charge on any atom is -0.496 e. The summed E-state index contributed by atoms with van der Waals surface area (Å²) in [6, 6.07) is 11.9. The van der Waals surface area contributed by atoms with Crippen molar-refractivity contribution in [3.8, 4) is 11.5 Å². The molecular formula is C16H18BrNO4S. The fourth-order valence-corrected chi connectivity index (χ4v) is 3.72. The molecule has 124 valence electrons. The van der Waals surface area contributed by atoms with Gasteiger partial charge in [-0.2, -0.15) is 0 Å². The molecule has 0 aliphatic carbocycles. The van der Waals surface area contributed by atoms with Gasteiger partial charge in [-0.1, -0.05) is 12.1 Å². The first kappa shape index (κ1) is 17.8. The SMILES string of the molecule is CCOc1cccc(CNS(=O)(=O)c2ccc(OC)c(Br)c2)c1. The predicted octanol–water partition coefficient (Wildman–Crippen LogP) is 3.33. The first-order valence-corrected chi connectivity index (χ1v) is 9.29. The summed E-state index contributed by atoms with van der Waals surface area (Å²) in [4.78, 5) is 0.172. The molecule has 0 fully saturated rings. The van der Waals surface area contributed by atoms with Crippen molar-refractivity contribution in [2.24, 2.45) is 0 Å². The Hall–Kier alpha value is -1.57. The molecule has 23 heavy (non-hydrogen) atoms. The summed E-state index contributed by atoms with van der Waals surface area (Å²) >= 11 is 3.29. The van der Waals surface area contributed by atoms with E-state index in [-0.39, 0.29) is 11.4 Å². The van der Waals surface area contributed by atoms with E-state index in [0.29, 0.717) is 16.8 Å². The number of halogens is 1. The summed E-state index contributed by atoms with van der Waals surface area (Å²) in [7, 11) is -2.08. The van der Waals surface area contributed by atoms with Crippen LogP contribution in [-0.4, -0.2) is 22.1 Å². The largest absolute Gasteiger partial charge is 0.496 e. The average molecular weight is 400 g/mol. The lowest BCUT2D eigenvalue weighted by Crippen LogP contribution is -2.23. The monoisotopic (exact) mass is 399 g/mol. The maximum atomic E-state index is 12.4. The standard InChI is InChI=1S/C16H18BrNO4S/c1-3-22-13-6-4-5-12(9-13)11-18-23(19,20)14-7-8-16(21-2)15(17)10-14/h4-10,18H,3,11H2,1-2H3. The second-order valence-electron chi connectivity index (χ2n) is 4.70. The van der Waals surface area contributed by atoms with Gasteiger partial charge in [-0.15, -0.1) is 0 Å². The highest BCUT2D eigenvalue weighted by atomic mass is 79.9. The third kappa shape index (κ3) is 4.70. The van der Waals surface area contributed by atoms with Gasteiger partial charge in [0, 0.05) is 6.54 Å². The van der Waals surface area contributed by atoms with E-state index in [9.17, 15) is 8.42 Å². The van der Waals surface area contributed by atoms with E-state index in [1.165, 1.54) is 19.2 Å². The van der Waals surface area contributed by atoms with Crippen LogP contribution in [0.2, 0.25) is 0 Å². The Morgan fingerprint density at radius 3 is 2.61 bits per heavy atom. The molecule has 0 heterocycles. The fourth-order valence-electron chi connectivity index (χ4n) is 1.99. The van der Waals surface area contributed by atoms with Gasteiger partial charge < -0.3 is 9.47 Å². The van der Waals surface area contributed by atoms with Gasteiger partial charge >= 0.3 is 0 Å². The van der Waals surface area contributed by atoms with Gasteiger partial charge in [0.2, 0.25) is 10.0 Å². The summed E-state index contributed by atoms with van der Waals surface area (Å²) in [6.07, 6.45) is 0. The molecule has 0 aliphatic heterocycles. The number of methoxy groups -OCH3 is 1. The molecule has 0 saturated heterocycles. The van der Waals surface area contributed by atoms with Crippen LogP contribution in [0.5, 0.6) is 11.5 Å². The van der Waals surface area contributed by atoms with Crippen molar-refractivity contribution in [2.45, 2.75) is 18.4 Å². The van der Waals surface area contributed by atoms with Gasteiger partial charge in [-0.3, -0.25) is 0 Å². The molecule has 0 atom stereocenters. The number of ether oxygens (including phenoxy) is 2. The molecule has 0 saturated carbocycles. The Morgan fingerprint density at radius 1 is 1.17 bits per heavy atom. The molecule has 0 spiro atoms. The minimum atomic E-state index is -3.61. The lowest BCUT2D eigenvalue weighted by molar-refractivity contribution is 0.340. The van der Waals surface area contributed by atoms with E-state index in [1.54, 1.807) is 6.07 Å². The first-order valence-electron chi connectivity index (χ1n) is 7.01. The zero-order valence-electron chi connectivity index (χ0n) is 12.9. The van der Waals surface area contributed by atoms with Gasteiger partial charge in [-0.05, 0) is 58.7 Å². The summed E-state index contributed by atoms with van der Waals surface area (Å²) in [6.45, 7) is 2.65. The van der Waals surface area contributed by atoms with Gasteiger partial charge in [0.25, 0.3) is 0 Å². The Balaban J connectivity index is 2.12. The molecule has 0 unspecified atom stereocenters. The maximum absolute atomic E-state index is 12.4. The lowest BCUT2D eigenvalue weighted by atomic mass is 10.2. The lowest BCUT2D eigenvalue weighted by Gasteiger charge is -2.10. The first-order chi connectivity index (χ1) is 11.0. The van der Waals surface area contributed by atoms with E-state index >= 15 is 0 Å². The van der Waals surface area contributed by atoms with Crippen molar-refractivity contribution in [3.05, 3.63) is 52.5 Å². The number of sulfonamides is 1. The summed E-state index contributed by atoms with van der Waals surface area (Å²) in [5.41, 5.74) is 0.826. The number of nitrogens with one attached hydrogen (secondary N) is 1. The Kier molecular flexibility index (Phi) is 6.04. The van der Waals surface area contributed by atoms with Crippen LogP contribution < -0.4 is 14.2 Å². The van der Waals surface area contributed by atoms with Crippen LogP contribution in [0.25, 0.3) is 0 Å². The van der Waals surface area contributed by atoms with Crippen molar-refractivity contribution in [1.29, 1.82) is 0 Å².